The third-order valence-electron chi connectivity index (χ3n) is 12.8. The second-order valence-corrected chi connectivity index (χ2v) is 23.4. The molecule has 0 aliphatic heterocycles. The summed E-state index contributed by atoms with van der Waals surface area (Å²) in [6.45, 7) is 7.40. The molecule has 0 spiro atoms. The van der Waals surface area contributed by atoms with Gasteiger partial charge in [0, 0.05) is 61.7 Å². The van der Waals surface area contributed by atoms with Crippen LogP contribution in [0.2, 0.25) is 0 Å². The molecule has 85 heavy (non-hydrogen) atoms. The Morgan fingerprint density at radius 1 is 0.424 bits per heavy atom. The van der Waals surface area contributed by atoms with Gasteiger partial charge in [0.1, 0.15) is 0 Å². The van der Waals surface area contributed by atoms with Crippen molar-refractivity contribution in [2.75, 3.05) is 91.7 Å². The SMILES string of the molecule is CCc1ccc(C(=O)Nc2ccc(N=Nc3cc(CO)c(NC(=O)c4ccc(C[N+](C)(C)[B][N+](C)(C)C)cc4)cc3C)cc2)cc1.CCc1ccc(C(=O)Nc2ccc(NC(=O)c3ccc(C[N+](C)(C)[B][N+](C)(C)C)cc3)cc2)cc1.[CH3-].[CH3-].[CH3-].[CH3-]. The predicted octanol–water partition coefficient (Wildman–Crippen LogP) is 13.2. The van der Waals surface area contributed by atoms with E-state index in [0.29, 0.717) is 66.3 Å². The lowest BCUT2D eigenvalue weighted by atomic mass is 9.97. The molecule has 0 unspecified atom stereocenters. The number of azo groups is 1. The zero-order valence-corrected chi connectivity index (χ0v) is 53.5. The van der Waals surface area contributed by atoms with E-state index in [1.165, 1.54) is 16.7 Å². The zero-order chi connectivity index (χ0) is 59.1. The van der Waals surface area contributed by atoms with Crippen LogP contribution in [0.1, 0.15) is 88.7 Å². The van der Waals surface area contributed by atoms with Crippen molar-refractivity contribution in [1.29, 1.82) is 0 Å². The fourth-order valence-corrected chi connectivity index (χ4v) is 9.46. The Kier molecular flexibility index (Phi) is 27.8. The molecule has 0 saturated carbocycles. The Hall–Kier alpha value is -8.05. The maximum atomic E-state index is 13.1. The lowest BCUT2D eigenvalue weighted by Gasteiger charge is -2.32. The average Bonchev–Trinajstić information content (AvgIpc) is 3.63. The van der Waals surface area contributed by atoms with E-state index in [1.54, 1.807) is 60.7 Å². The molecule has 0 heterocycles. The van der Waals surface area contributed by atoms with Crippen LogP contribution in [0.15, 0.2) is 168 Å². The van der Waals surface area contributed by atoms with Crippen molar-refractivity contribution < 1.29 is 41.9 Å². The Morgan fingerprint density at radius 2 is 0.729 bits per heavy atom. The van der Waals surface area contributed by atoms with E-state index in [0.717, 1.165) is 50.2 Å². The molecule has 0 aliphatic carbocycles. The summed E-state index contributed by atoms with van der Waals surface area (Å²) in [6, 6.07) is 48.2. The molecule has 0 aromatic heterocycles. The molecule has 0 saturated heterocycles. The highest BCUT2D eigenvalue weighted by Gasteiger charge is 2.37. The van der Waals surface area contributed by atoms with E-state index in [2.05, 4.69) is 131 Å². The van der Waals surface area contributed by atoms with Gasteiger partial charge in [-0.3, -0.25) is 19.2 Å². The van der Waals surface area contributed by atoms with E-state index in [4.69, 9.17) is 0 Å². The molecule has 0 bridgehead atoms. The Morgan fingerprint density at radius 3 is 1.04 bits per heavy atom. The topological polar surface area (TPSA) is 161 Å². The fraction of sp³-hybridized carbons (Fsp3) is 0.265. The van der Waals surface area contributed by atoms with Gasteiger partial charge in [0.15, 0.2) is 0 Å². The first kappa shape index (κ1) is 73.1. The summed E-state index contributed by atoms with van der Waals surface area (Å²) in [6.07, 6.45) is 1.86. The summed E-state index contributed by atoms with van der Waals surface area (Å²) in [4.78, 5) is 50.8. The van der Waals surface area contributed by atoms with Gasteiger partial charge >= 0.3 is 15.1 Å². The molecule has 17 heteroatoms. The summed E-state index contributed by atoms with van der Waals surface area (Å²) in [7, 11) is 25.9. The molecule has 0 fully saturated rings. The molecule has 4 amide bonds. The quantitative estimate of drug-likeness (QED) is 0.0275. The maximum Gasteiger partial charge on any atom is 0.791 e. The van der Waals surface area contributed by atoms with Crippen molar-refractivity contribution in [2.45, 2.75) is 53.3 Å². The molecule has 7 aromatic rings. The van der Waals surface area contributed by atoms with Crippen LogP contribution in [-0.4, -0.2) is 132 Å². The minimum Gasteiger partial charge on any atom is -0.392 e. The summed E-state index contributed by atoms with van der Waals surface area (Å²) in [5, 5.41) is 30.4. The molecule has 450 valence electrons. The molecule has 7 aromatic carbocycles. The maximum absolute atomic E-state index is 13.1. The predicted molar refractivity (Wildman–Crippen MR) is 355 cm³/mol. The number of hydrogen-bond donors (Lipinski definition) is 5. The monoisotopic (exact) mass is 1150 g/mol. The van der Waals surface area contributed by atoms with Crippen LogP contribution in [0.4, 0.5) is 34.1 Å². The van der Waals surface area contributed by atoms with Crippen molar-refractivity contribution in [2.24, 2.45) is 10.2 Å². The van der Waals surface area contributed by atoms with Gasteiger partial charge in [0.25, 0.3) is 23.6 Å². The standard InChI is InChI=1S/C36H44BN6O3.C28H36BN4O2.4CH3/c1-8-26-9-13-28(14-10-26)35(45)38-31-17-19-32(20-18-31)40-41-33-22-30(24-44)34(21-25(33)2)39-36(46)29-15-11-27(12-16-29)23-43(6,7)37-42(3,4)5;1-7-21-8-12-23(13-9-21)27(34)30-25-16-18-26(19-17-25)31-28(35)24-14-10-22(11-15-24)20-33(5,6)29-32(2,3)4;;;;/h9-22,44H,8,23-24H2,1-7H3,(H,38,45)(H,39,46);8-19H,7,20H2,1-6H3,(H,30,34)(H,31,35);4*1H3/q2*+2;4*-1. The van der Waals surface area contributed by atoms with E-state index < -0.39 is 0 Å². The van der Waals surface area contributed by atoms with Crippen molar-refractivity contribution >= 4 is 72.9 Å². The third-order valence-corrected chi connectivity index (χ3v) is 12.8. The minimum atomic E-state index is -0.275. The van der Waals surface area contributed by atoms with Gasteiger partial charge in [-0.25, -0.2) is 0 Å². The lowest BCUT2D eigenvalue weighted by Crippen LogP contribution is -2.56. The number of anilines is 4. The first-order chi connectivity index (χ1) is 38.2. The second kappa shape index (κ2) is 32.3. The van der Waals surface area contributed by atoms with Crippen LogP contribution < -0.4 is 21.3 Å². The van der Waals surface area contributed by atoms with E-state index in [1.807, 2.05) is 104 Å². The number of nitrogens with one attached hydrogen (secondary N) is 4. The summed E-state index contributed by atoms with van der Waals surface area (Å²) < 4.78 is 2.95. The van der Waals surface area contributed by atoms with Crippen LogP contribution in [0.3, 0.4) is 0 Å². The Bertz CT molecular complexity index is 3280. The molecule has 15 nitrogen and oxygen atoms in total. The number of rotatable bonds is 21. The first-order valence-electron chi connectivity index (χ1n) is 27.2. The highest BCUT2D eigenvalue weighted by atomic mass is 16.3. The third kappa shape index (κ3) is 23.5. The fourth-order valence-electron chi connectivity index (χ4n) is 9.46. The largest absolute Gasteiger partial charge is 0.791 e. The van der Waals surface area contributed by atoms with E-state index in [9.17, 15) is 24.3 Å². The van der Waals surface area contributed by atoms with Gasteiger partial charge in [-0.2, -0.15) is 10.2 Å². The van der Waals surface area contributed by atoms with Gasteiger partial charge < -0.3 is 73.7 Å². The number of aryl methyl sites for hydroxylation is 3. The van der Waals surface area contributed by atoms with Crippen molar-refractivity contribution in [3.63, 3.8) is 0 Å². The number of benzene rings is 7. The van der Waals surface area contributed by atoms with Crippen molar-refractivity contribution in [3.8, 4) is 0 Å². The molecular formula is C68H92B2N10O5. The van der Waals surface area contributed by atoms with Crippen LogP contribution >= 0.6 is 0 Å². The number of quaternary nitrogens is 4. The van der Waals surface area contributed by atoms with Crippen molar-refractivity contribution in [1.82, 2.24) is 0 Å². The first-order valence-corrected chi connectivity index (χ1v) is 27.2. The lowest BCUT2D eigenvalue weighted by molar-refractivity contribution is -0.888. The van der Waals surface area contributed by atoms with Crippen LogP contribution in [0.25, 0.3) is 0 Å². The molecule has 5 N–H and O–H groups in total. The van der Waals surface area contributed by atoms with Crippen LogP contribution in [-0.2, 0) is 32.5 Å². The van der Waals surface area contributed by atoms with Crippen LogP contribution in [0.5, 0.6) is 0 Å². The minimum absolute atomic E-state index is 0. The van der Waals surface area contributed by atoms with Crippen LogP contribution in [0, 0.1) is 36.6 Å². The molecular weight excluding hydrogens is 1060 g/mol. The summed E-state index contributed by atoms with van der Waals surface area (Å²) in [5.74, 6) is -0.769. The van der Waals surface area contributed by atoms with Gasteiger partial charge in [0.05, 0.1) is 102 Å². The highest BCUT2D eigenvalue weighted by molar-refractivity contribution is 6.16. The number of carbonyl (C=O) groups is 4. The zero-order valence-electron chi connectivity index (χ0n) is 53.5. The smallest absolute Gasteiger partial charge is 0.392 e. The molecule has 2 radical (unpaired) electrons. The van der Waals surface area contributed by atoms with Gasteiger partial charge in [-0.05, 0) is 146 Å². The average molecular weight is 1150 g/mol. The summed E-state index contributed by atoms with van der Waals surface area (Å²) in [5.41, 5.74) is 12.0. The number of hydrogen-bond acceptors (Lipinski definition) is 7. The number of carbonyl (C=O) groups excluding carboxylic acids is 4. The van der Waals surface area contributed by atoms with Gasteiger partial charge in [-0.15, -0.1) is 0 Å². The van der Waals surface area contributed by atoms with Gasteiger partial charge in [0.2, 0.25) is 0 Å². The molecule has 0 aliphatic rings. The van der Waals surface area contributed by atoms with E-state index >= 15 is 0 Å². The Labute approximate surface area is 510 Å². The molecule has 7 rings (SSSR count). The van der Waals surface area contributed by atoms with Gasteiger partial charge in [-0.1, -0.05) is 62.4 Å². The Balaban J connectivity index is 0.000000572. The molecule has 0 atom stereocenters. The number of aliphatic hydroxyl groups is 1. The second-order valence-electron chi connectivity index (χ2n) is 23.4. The number of amides is 4. The normalized spacial score (nSPS) is 11.2. The van der Waals surface area contributed by atoms with E-state index in [-0.39, 0.29) is 59.9 Å². The van der Waals surface area contributed by atoms with Crippen molar-refractivity contribution in [3.05, 3.63) is 243 Å². The number of nitrogens with zero attached hydrogens (tertiary/aromatic N) is 6. The summed E-state index contributed by atoms with van der Waals surface area (Å²) >= 11 is 0. The highest BCUT2D eigenvalue weighted by Crippen LogP contribution is 2.30. The number of aliphatic hydroxyl groups excluding tert-OH is 1.